The molecule has 1 heterocycles. The van der Waals surface area contributed by atoms with Crippen LogP contribution in [0.15, 0.2) is 33.7 Å². The first kappa shape index (κ1) is 20.2. The van der Waals surface area contributed by atoms with E-state index in [0.717, 1.165) is 24.0 Å². The van der Waals surface area contributed by atoms with Crippen molar-refractivity contribution in [2.24, 2.45) is 5.92 Å². The van der Waals surface area contributed by atoms with Crippen molar-refractivity contribution in [3.05, 3.63) is 44.8 Å². The number of amides is 2. The van der Waals surface area contributed by atoms with Gasteiger partial charge in [-0.2, -0.15) is 0 Å². The lowest BCUT2D eigenvalue weighted by atomic mass is 9.82. The number of carbonyl (C=O) groups excluding carboxylic acids is 3. The summed E-state index contributed by atoms with van der Waals surface area (Å²) in [6.07, 6.45) is 1.93. The highest BCUT2D eigenvalue weighted by Crippen LogP contribution is 2.41. The lowest BCUT2D eigenvalue weighted by Gasteiger charge is -2.27. The van der Waals surface area contributed by atoms with Crippen LogP contribution in [0.4, 0.5) is 0 Å². The Labute approximate surface area is 172 Å². The third kappa shape index (κ3) is 4.68. The Morgan fingerprint density at radius 2 is 2.04 bits per heavy atom. The molecule has 27 heavy (non-hydrogen) atoms. The normalized spacial score (nSPS) is 21.8. The minimum absolute atomic E-state index is 0.0817. The van der Waals surface area contributed by atoms with Crippen molar-refractivity contribution in [3.63, 3.8) is 0 Å². The van der Waals surface area contributed by atoms with E-state index < -0.39 is 5.25 Å². The number of hydrogen-bond donors (Lipinski definition) is 1. The fourth-order valence-electron chi connectivity index (χ4n) is 3.30. The van der Waals surface area contributed by atoms with Crippen LogP contribution in [0.1, 0.15) is 28.8 Å². The van der Waals surface area contributed by atoms with Crippen LogP contribution in [0.5, 0.6) is 0 Å². The molecule has 1 aromatic carbocycles. The van der Waals surface area contributed by atoms with E-state index in [1.807, 2.05) is 24.3 Å². The summed E-state index contributed by atoms with van der Waals surface area (Å²) in [5.74, 6) is -0.628. The number of halogens is 2. The second-order valence-corrected chi connectivity index (χ2v) is 9.01. The smallest absolute Gasteiger partial charge is 0.241 e. The van der Waals surface area contributed by atoms with E-state index in [9.17, 15) is 14.4 Å². The van der Waals surface area contributed by atoms with Crippen LogP contribution in [0.25, 0.3) is 0 Å². The number of likely N-dealkylation sites (N-methyl/N-ethyl adjacent to an activating group) is 1. The van der Waals surface area contributed by atoms with Gasteiger partial charge in [-0.3, -0.25) is 14.4 Å². The lowest BCUT2D eigenvalue weighted by molar-refractivity contribution is -0.132. The first-order valence-electron chi connectivity index (χ1n) is 8.71. The number of rotatable bonds is 5. The lowest BCUT2D eigenvalue weighted by Crippen LogP contribution is -2.43. The zero-order valence-corrected chi connectivity index (χ0v) is 17.2. The Kier molecular flexibility index (Phi) is 6.50. The van der Waals surface area contributed by atoms with Crippen LogP contribution in [-0.2, 0) is 16.0 Å². The number of allylic oxidation sites excluding steroid dienone is 1. The SMILES string of the molecule is CN(CC1CCc2ccccc2C1=O)C(=O)CNC(=O)C1CC(Cl)=C(Cl)S1. The van der Waals surface area contributed by atoms with E-state index in [-0.39, 0.29) is 30.1 Å². The van der Waals surface area contributed by atoms with Crippen molar-refractivity contribution >= 4 is 52.6 Å². The number of nitrogens with zero attached hydrogens (tertiary/aromatic N) is 1. The zero-order valence-electron chi connectivity index (χ0n) is 14.8. The molecule has 1 aliphatic heterocycles. The monoisotopic (exact) mass is 426 g/mol. The second kappa shape index (κ2) is 8.67. The maximum absolute atomic E-state index is 12.6. The van der Waals surface area contributed by atoms with Gasteiger partial charge >= 0.3 is 0 Å². The Morgan fingerprint density at radius 1 is 1.30 bits per heavy atom. The molecule has 2 amide bonds. The van der Waals surface area contributed by atoms with Gasteiger partial charge in [-0.05, 0) is 18.4 Å². The number of nitrogens with one attached hydrogen (secondary N) is 1. The molecule has 3 rings (SSSR count). The molecule has 1 N–H and O–H groups in total. The fraction of sp³-hybridized carbons (Fsp3) is 0.421. The molecule has 2 unspecified atom stereocenters. The Morgan fingerprint density at radius 3 is 2.74 bits per heavy atom. The molecule has 1 aromatic rings. The minimum Gasteiger partial charge on any atom is -0.346 e. The van der Waals surface area contributed by atoms with Crippen LogP contribution in [-0.4, -0.2) is 47.9 Å². The van der Waals surface area contributed by atoms with E-state index >= 15 is 0 Å². The summed E-state index contributed by atoms with van der Waals surface area (Å²) in [5, 5.41) is 2.70. The van der Waals surface area contributed by atoms with Crippen molar-refractivity contribution in [1.82, 2.24) is 10.2 Å². The first-order chi connectivity index (χ1) is 12.9. The first-order valence-corrected chi connectivity index (χ1v) is 10.3. The predicted molar refractivity (Wildman–Crippen MR) is 108 cm³/mol. The van der Waals surface area contributed by atoms with Gasteiger partial charge in [0.2, 0.25) is 11.8 Å². The van der Waals surface area contributed by atoms with E-state index in [1.54, 1.807) is 7.05 Å². The van der Waals surface area contributed by atoms with Gasteiger partial charge in [0.05, 0.1) is 16.2 Å². The van der Waals surface area contributed by atoms with Crippen LogP contribution in [0, 0.1) is 5.92 Å². The molecule has 0 fully saturated rings. The standard InChI is InChI=1S/C19H20Cl2N2O3S/c1-23(10-12-7-6-11-4-2-3-5-13(11)17(12)25)16(24)9-22-19(26)15-8-14(20)18(21)27-15/h2-5,12,15H,6-10H2,1H3,(H,22,26). The van der Waals surface area contributed by atoms with Crippen molar-refractivity contribution in [2.45, 2.75) is 24.5 Å². The Balaban J connectivity index is 1.49. The minimum atomic E-state index is -0.403. The molecule has 2 aliphatic rings. The number of benzene rings is 1. The van der Waals surface area contributed by atoms with Crippen LogP contribution in [0.2, 0.25) is 0 Å². The third-order valence-electron chi connectivity index (χ3n) is 4.87. The van der Waals surface area contributed by atoms with Crippen molar-refractivity contribution in [3.8, 4) is 0 Å². The molecule has 8 heteroatoms. The summed E-state index contributed by atoms with van der Waals surface area (Å²) >= 11 is 13.0. The molecule has 2 atom stereocenters. The summed E-state index contributed by atoms with van der Waals surface area (Å²) in [5.41, 5.74) is 1.82. The topological polar surface area (TPSA) is 66.5 Å². The second-order valence-electron chi connectivity index (χ2n) is 6.74. The molecule has 5 nitrogen and oxygen atoms in total. The summed E-state index contributed by atoms with van der Waals surface area (Å²) in [7, 11) is 1.65. The number of carbonyl (C=O) groups is 3. The van der Waals surface area contributed by atoms with Gasteiger partial charge in [0.25, 0.3) is 0 Å². The van der Waals surface area contributed by atoms with E-state index in [2.05, 4.69) is 5.32 Å². The molecule has 0 bridgehead atoms. The average molecular weight is 427 g/mol. The highest BCUT2D eigenvalue weighted by molar-refractivity contribution is 8.06. The molecule has 0 saturated carbocycles. The van der Waals surface area contributed by atoms with Gasteiger partial charge in [-0.1, -0.05) is 59.2 Å². The molecule has 1 aliphatic carbocycles. The zero-order chi connectivity index (χ0) is 19.6. The van der Waals surface area contributed by atoms with Crippen molar-refractivity contribution in [1.29, 1.82) is 0 Å². The summed E-state index contributed by atoms with van der Waals surface area (Å²) < 4.78 is 0.427. The van der Waals surface area contributed by atoms with Gasteiger partial charge in [-0.25, -0.2) is 0 Å². The highest BCUT2D eigenvalue weighted by atomic mass is 35.5. The van der Waals surface area contributed by atoms with Gasteiger partial charge in [0, 0.05) is 36.5 Å². The van der Waals surface area contributed by atoms with Crippen LogP contribution < -0.4 is 5.32 Å². The maximum Gasteiger partial charge on any atom is 0.241 e. The summed E-state index contributed by atoms with van der Waals surface area (Å²) in [4.78, 5) is 38.6. The van der Waals surface area contributed by atoms with E-state index in [0.29, 0.717) is 22.4 Å². The molecule has 144 valence electrons. The molecule has 0 saturated heterocycles. The number of thioether (sulfide) groups is 1. The number of hydrogen-bond acceptors (Lipinski definition) is 4. The predicted octanol–water partition coefficient (Wildman–Crippen LogP) is 3.16. The third-order valence-corrected chi connectivity index (χ3v) is 7.03. The number of ketones is 1. The summed E-state index contributed by atoms with van der Waals surface area (Å²) in [6.45, 7) is 0.235. The maximum atomic E-state index is 12.6. The average Bonchev–Trinajstić information content (AvgIpc) is 3.00. The number of fused-ring (bicyclic) bond motifs is 1. The molecule has 0 aromatic heterocycles. The number of Topliss-reactive ketones (excluding diaryl/α,β-unsaturated/α-hetero) is 1. The molecule has 0 radical (unpaired) electrons. The van der Waals surface area contributed by atoms with Crippen LogP contribution in [0.3, 0.4) is 0 Å². The molecular formula is C19H20Cl2N2O3S. The van der Waals surface area contributed by atoms with Crippen molar-refractivity contribution < 1.29 is 14.4 Å². The Hall–Kier alpha value is -1.50. The van der Waals surface area contributed by atoms with Gasteiger partial charge in [0.15, 0.2) is 5.78 Å². The van der Waals surface area contributed by atoms with Crippen molar-refractivity contribution in [2.75, 3.05) is 20.1 Å². The van der Waals surface area contributed by atoms with Gasteiger partial charge in [0.1, 0.15) is 0 Å². The van der Waals surface area contributed by atoms with Gasteiger partial charge in [-0.15, -0.1) is 0 Å². The fourth-order valence-corrected chi connectivity index (χ4v) is 4.98. The van der Waals surface area contributed by atoms with E-state index in [1.165, 1.54) is 16.7 Å². The largest absolute Gasteiger partial charge is 0.346 e. The van der Waals surface area contributed by atoms with Crippen LogP contribution >= 0.6 is 35.0 Å². The molecular weight excluding hydrogens is 407 g/mol. The summed E-state index contributed by atoms with van der Waals surface area (Å²) in [6, 6.07) is 7.61. The molecule has 0 spiro atoms. The Bertz CT molecular complexity index is 798. The number of aryl methyl sites for hydroxylation is 1. The quantitative estimate of drug-likeness (QED) is 0.784. The van der Waals surface area contributed by atoms with Gasteiger partial charge < -0.3 is 10.2 Å². The highest BCUT2D eigenvalue weighted by Gasteiger charge is 2.31. The van der Waals surface area contributed by atoms with E-state index in [4.69, 9.17) is 23.2 Å².